The van der Waals surface area contributed by atoms with Gasteiger partial charge in [0.1, 0.15) is 6.10 Å². The van der Waals surface area contributed by atoms with Crippen molar-refractivity contribution in [1.82, 2.24) is 4.98 Å². The van der Waals surface area contributed by atoms with Gasteiger partial charge in [-0.25, -0.2) is 4.98 Å². The number of aliphatic hydroxyl groups is 2. The molecule has 1 aromatic heterocycles. The number of hydrogen-bond acceptors (Lipinski definition) is 7. The summed E-state index contributed by atoms with van der Waals surface area (Å²) < 4.78 is 0. The second kappa shape index (κ2) is 7.23. The Labute approximate surface area is 137 Å². The van der Waals surface area contributed by atoms with E-state index in [9.17, 15) is 15.0 Å². The summed E-state index contributed by atoms with van der Waals surface area (Å²) in [7, 11) is 0. The van der Waals surface area contributed by atoms with Gasteiger partial charge in [-0.2, -0.15) is 0 Å². The topological polar surface area (TPSA) is 96.4 Å². The van der Waals surface area contributed by atoms with E-state index in [2.05, 4.69) is 4.98 Å². The minimum absolute atomic E-state index is 0.0850. The zero-order valence-electron chi connectivity index (χ0n) is 12.3. The molecule has 2 atom stereocenters. The van der Waals surface area contributed by atoms with Crippen molar-refractivity contribution in [3.63, 3.8) is 0 Å². The smallest absolute Gasteiger partial charge is 0.185 e. The van der Waals surface area contributed by atoms with E-state index in [0.29, 0.717) is 10.7 Å². The molecule has 0 saturated heterocycles. The van der Waals surface area contributed by atoms with Gasteiger partial charge in [-0.1, -0.05) is 36.0 Å². The van der Waals surface area contributed by atoms with Crippen LogP contribution in [-0.4, -0.2) is 32.2 Å². The Bertz CT molecular complexity index is 655. The maximum Gasteiger partial charge on any atom is 0.185 e. The number of carbonyl (C=O) groups excluding carboxylic acids is 1. The van der Waals surface area contributed by atoms with Crippen molar-refractivity contribution in [3.8, 4) is 11.3 Å². The number of rotatable bonds is 5. The molecular weight excluding hydrogens is 320 g/mol. The van der Waals surface area contributed by atoms with E-state index in [4.69, 9.17) is 5.73 Å². The normalized spacial score (nSPS) is 13.8. The van der Waals surface area contributed by atoms with Crippen LogP contribution in [0.4, 0.5) is 5.13 Å². The highest BCUT2D eigenvalue weighted by atomic mass is 32.2. The lowest BCUT2D eigenvalue weighted by atomic mass is 10.0. The van der Waals surface area contributed by atoms with Crippen molar-refractivity contribution in [2.45, 2.75) is 26.1 Å². The van der Waals surface area contributed by atoms with Crippen molar-refractivity contribution < 1.29 is 15.0 Å². The number of anilines is 1. The predicted octanol–water partition coefficient (Wildman–Crippen LogP) is 2.37. The highest BCUT2D eigenvalue weighted by Gasteiger charge is 2.19. The average molecular weight is 338 g/mol. The van der Waals surface area contributed by atoms with Crippen LogP contribution in [0.3, 0.4) is 0 Å². The number of hydrogen-bond donors (Lipinski definition) is 3. The molecule has 1 heterocycles. The fourth-order valence-electron chi connectivity index (χ4n) is 2.04. The van der Waals surface area contributed by atoms with Gasteiger partial charge in [0, 0.05) is 23.1 Å². The molecule has 22 heavy (non-hydrogen) atoms. The lowest BCUT2D eigenvalue weighted by Gasteiger charge is -2.17. The van der Waals surface area contributed by atoms with Crippen LogP contribution in [0.2, 0.25) is 0 Å². The van der Waals surface area contributed by atoms with Crippen LogP contribution in [0, 0.1) is 6.92 Å². The number of carbonyl (C=O) groups is 1. The number of aryl methyl sites for hydroxylation is 1. The minimum atomic E-state index is -1.03. The van der Waals surface area contributed by atoms with E-state index in [1.54, 1.807) is 12.1 Å². The molecule has 4 N–H and O–H groups in total. The summed E-state index contributed by atoms with van der Waals surface area (Å²) in [5.74, 6) is 0.167. The second-order valence-electron chi connectivity index (χ2n) is 4.89. The summed E-state index contributed by atoms with van der Waals surface area (Å²) in [6.07, 6.45) is -2.01. The van der Waals surface area contributed by atoms with Gasteiger partial charge in [0.05, 0.1) is 11.8 Å². The van der Waals surface area contributed by atoms with Crippen molar-refractivity contribution in [2.24, 2.45) is 0 Å². The third kappa shape index (κ3) is 4.07. The first kappa shape index (κ1) is 17.0. The lowest BCUT2D eigenvalue weighted by Crippen LogP contribution is -2.21. The Morgan fingerprint density at radius 2 is 2.00 bits per heavy atom. The fraction of sp³-hybridized carbons (Fsp3) is 0.333. The third-order valence-electron chi connectivity index (χ3n) is 3.16. The number of aromatic nitrogens is 1. The standard InChI is InChI=1S/C15H18N2O3S2/c1-8-13(17-15(16)22-8)10-3-5-11(6-4-10)14(20)12(19)7-21-9(2)18/h3-6,12,14,19-20H,7H2,1-2H3,(H2,16,17). The first-order valence-corrected chi connectivity index (χ1v) is 8.51. The molecule has 0 saturated carbocycles. The number of nitrogens with zero attached hydrogens (tertiary/aromatic N) is 1. The van der Waals surface area contributed by atoms with Crippen LogP contribution in [0.15, 0.2) is 24.3 Å². The van der Waals surface area contributed by atoms with Crippen molar-refractivity contribution in [3.05, 3.63) is 34.7 Å². The lowest BCUT2D eigenvalue weighted by molar-refractivity contribution is -0.109. The van der Waals surface area contributed by atoms with Crippen LogP contribution in [0.25, 0.3) is 11.3 Å². The zero-order chi connectivity index (χ0) is 16.3. The number of aliphatic hydroxyl groups excluding tert-OH is 2. The molecule has 0 aliphatic carbocycles. The molecule has 7 heteroatoms. The van der Waals surface area contributed by atoms with Gasteiger partial charge in [-0.05, 0) is 12.5 Å². The highest BCUT2D eigenvalue weighted by Crippen LogP contribution is 2.30. The van der Waals surface area contributed by atoms with E-state index in [1.165, 1.54) is 18.3 Å². The first-order chi connectivity index (χ1) is 10.4. The molecule has 2 rings (SSSR count). The first-order valence-electron chi connectivity index (χ1n) is 6.71. The van der Waals surface area contributed by atoms with Crippen molar-refractivity contribution >= 4 is 33.3 Å². The number of benzene rings is 1. The Morgan fingerprint density at radius 3 is 2.50 bits per heavy atom. The molecule has 5 nitrogen and oxygen atoms in total. The monoisotopic (exact) mass is 338 g/mol. The Balaban J connectivity index is 2.11. The summed E-state index contributed by atoms with van der Waals surface area (Å²) in [4.78, 5) is 16.2. The molecule has 0 fully saturated rings. The third-order valence-corrected chi connectivity index (χ3v) is 4.88. The summed E-state index contributed by atoms with van der Waals surface area (Å²) in [6, 6.07) is 7.17. The van der Waals surface area contributed by atoms with Gasteiger partial charge in [0.15, 0.2) is 10.2 Å². The fourth-order valence-corrected chi connectivity index (χ4v) is 3.34. The summed E-state index contributed by atoms with van der Waals surface area (Å²) in [5, 5.41) is 20.5. The number of nitrogen functional groups attached to an aromatic ring is 1. The zero-order valence-corrected chi connectivity index (χ0v) is 13.9. The molecule has 1 aromatic carbocycles. The van der Waals surface area contributed by atoms with E-state index in [1.807, 2.05) is 19.1 Å². The molecule has 0 bridgehead atoms. The molecule has 2 unspecified atom stereocenters. The molecule has 0 aliphatic rings. The molecule has 0 spiro atoms. The molecule has 0 radical (unpaired) electrons. The second-order valence-corrected chi connectivity index (χ2v) is 7.33. The Hall–Kier alpha value is -1.41. The molecule has 2 aromatic rings. The Kier molecular flexibility index (Phi) is 5.57. The van der Waals surface area contributed by atoms with Gasteiger partial charge >= 0.3 is 0 Å². The van der Waals surface area contributed by atoms with Crippen LogP contribution < -0.4 is 5.73 Å². The minimum Gasteiger partial charge on any atom is -0.389 e. The maximum absolute atomic E-state index is 10.9. The van der Waals surface area contributed by atoms with Gasteiger partial charge in [-0.3, -0.25) is 4.79 Å². The van der Waals surface area contributed by atoms with Gasteiger partial charge in [-0.15, -0.1) is 11.3 Å². The van der Waals surface area contributed by atoms with Crippen LogP contribution in [0.5, 0.6) is 0 Å². The number of nitrogens with two attached hydrogens (primary N) is 1. The number of thiazole rings is 1. The van der Waals surface area contributed by atoms with E-state index < -0.39 is 12.2 Å². The SMILES string of the molecule is CC(=O)SCC(O)C(O)c1ccc(-c2nc(N)sc2C)cc1. The van der Waals surface area contributed by atoms with Crippen molar-refractivity contribution in [2.75, 3.05) is 11.5 Å². The average Bonchev–Trinajstić information content (AvgIpc) is 2.83. The Morgan fingerprint density at radius 1 is 1.36 bits per heavy atom. The summed E-state index contributed by atoms with van der Waals surface area (Å²) >= 11 is 2.43. The van der Waals surface area contributed by atoms with Crippen LogP contribution in [-0.2, 0) is 4.79 Å². The predicted molar refractivity (Wildman–Crippen MR) is 90.8 cm³/mol. The molecular formula is C15H18N2O3S2. The van der Waals surface area contributed by atoms with Gasteiger partial charge < -0.3 is 15.9 Å². The molecule has 118 valence electrons. The van der Waals surface area contributed by atoms with Gasteiger partial charge in [0.2, 0.25) is 0 Å². The largest absolute Gasteiger partial charge is 0.389 e. The van der Waals surface area contributed by atoms with E-state index in [-0.39, 0.29) is 10.9 Å². The molecule has 0 aliphatic heterocycles. The molecule has 0 amide bonds. The quantitative estimate of drug-likeness (QED) is 0.774. The number of thioether (sulfide) groups is 1. The van der Waals surface area contributed by atoms with Crippen LogP contribution in [0.1, 0.15) is 23.5 Å². The van der Waals surface area contributed by atoms with E-state index >= 15 is 0 Å². The summed E-state index contributed by atoms with van der Waals surface area (Å²) in [6.45, 7) is 3.38. The van der Waals surface area contributed by atoms with Crippen molar-refractivity contribution in [1.29, 1.82) is 0 Å². The summed E-state index contributed by atoms with van der Waals surface area (Å²) in [5.41, 5.74) is 8.04. The van der Waals surface area contributed by atoms with Gasteiger partial charge in [0.25, 0.3) is 0 Å². The maximum atomic E-state index is 10.9. The van der Waals surface area contributed by atoms with Crippen LogP contribution >= 0.6 is 23.1 Å². The van der Waals surface area contributed by atoms with E-state index in [0.717, 1.165) is 27.9 Å². The highest BCUT2D eigenvalue weighted by molar-refractivity contribution is 8.13.